The highest BCUT2D eigenvalue weighted by molar-refractivity contribution is 7.99. The van der Waals surface area contributed by atoms with Crippen LogP contribution in [0.15, 0.2) is 23.6 Å². The molecule has 5 heteroatoms. The number of rotatable bonds is 6. The van der Waals surface area contributed by atoms with Crippen LogP contribution in [-0.4, -0.2) is 27.3 Å². The van der Waals surface area contributed by atoms with Crippen molar-refractivity contribution in [3.8, 4) is 6.07 Å². The van der Waals surface area contributed by atoms with Crippen molar-refractivity contribution in [3.63, 3.8) is 0 Å². The summed E-state index contributed by atoms with van der Waals surface area (Å²) in [4.78, 5) is 8.31. The zero-order chi connectivity index (χ0) is 12.4. The van der Waals surface area contributed by atoms with Crippen molar-refractivity contribution >= 4 is 11.8 Å². The minimum atomic E-state index is -0.358. The average Bonchev–Trinajstić information content (AvgIpc) is 3.28. The topological polar surface area (TPSA) is 61.6 Å². The first-order valence-corrected chi connectivity index (χ1v) is 7.39. The van der Waals surface area contributed by atoms with Gasteiger partial charge in [-0.25, -0.2) is 4.98 Å². The Kier molecular flexibility index (Phi) is 3.23. The van der Waals surface area contributed by atoms with E-state index in [9.17, 15) is 5.26 Å². The van der Waals surface area contributed by atoms with Gasteiger partial charge < -0.3 is 0 Å². The molecule has 94 valence electrons. The summed E-state index contributed by atoms with van der Waals surface area (Å²) in [5, 5.41) is 14.0. The van der Waals surface area contributed by atoms with Crippen LogP contribution in [0.3, 0.4) is 0 Å². The molecule has 0 radical (unpaired) electrons. The molecule has 1 atom stereocenters. The molecule has 1 unspecified atom stereocenters. The summed E-state index contributed by atoms with van der Waals surface area (Å²) >= 11 is 1.63. The normalized spacial score (nSPS) is 22.2. The summed E-state index contributed by atoms with van der Waals surface area (Å²) in [5.74, 6) is 1.29. The Morgan fingerprint density at radius 1 is 1.39 bits per heavy atom. The molecule has 2 aliphatic rings. The molecule has 1 aromatic heterocycles. The lowest BCUT2D eigenvalue weighted by molar-refractivity contribution is 0.401. The van der Waals surface area contributed by atoms with E-state index in [0.29, 0.717) is 12.0 Å². The second-order valence-corrected chi connectivity index (χ2v) is 6.10. The molecule has 0 aliphatic heterocycles. The second-order valence-electron chi connectivity index (χ2n) is 5.11. The summed E-state index contributed by atoms with van der Waals surface area (Å²) in [5.41, 5.74) is -0.358. The highest BCUT2D eigenvalue weighted by atomic mass is 32.2. The highest BCUT2D eigenvalue weighted by Crippen LogP contribution is 2.43. The van der Waals surface area contributed by atoms with Crippen molar-refractivity contribution in [2.75, 3.05) is 5.75 Å². The van der Waals surface area contributed by atoms with E-state index in [1.54, 1.807) is 30.4 Å². The number of nitriles is 1. The maximum absolute atomic E-state index is 9.58. The summed E-state index contributed by atoms with van der Waals surface area (Å²) in [6, 6.07) is 3.10. The van der Waals surface area contributed by atoms with Gasteiger partial charge in [-0.15, -0.1) is 11.8 Å². The lowest BCUT2D eigenvalue weighted by atomic mass is 9.97. The van der Waals surface area contributed by atoms with Crippen LogP contribution in [0.4, 0.5) is 0 Å². The number of aromatic nitrogens is 2. The molecule has 1 heterocycles. The van der Waals surface area contributed by atoms with Crippen LogP contribution < -0.4 is 5.32 Å². The minimum Gasteiger partial charge on any atom is -0.296 e. The molecule has 0 amide bonds. The van der Waals surface area contributed by atoms with Crippen molar-refractivity contribution in [1.82, 2.24) is 15.3 Å². The van der Waals surface area contributed by atoms with Crippen molar-refractivity contribution in [2.45, 2.75) is 42.3 Å². The molecular formula is C13H16N4S. The van der Waals surface area contributed by atoms with Gasteiger partial charge in [0, 0.05) is 24.2 Å². The Balaban J connectivity index is 1.67. The van der Waals surface area contributed by atoms with Gasteiger partial charge >= 0.3 is 0 Å². The quantitative estimate of drug-likeness (QED) is 0.793. The molecular weight excluding hydrogens is 244 g/mol. The predicted octanol–water partition coefficient (Wildman–Crippen LogP) is 1.99. The molecule has 0 aromatic carbocycles. The second kappa shape index (κ2) is 4.87. The van der Waals surface area contributed by atoms with Crippen LogP contribution in [0.1, 0.15) is 25.7 Å². The average molecular weight is 260 g/mol. The third kappa shape index (κ3) is 2.65. The monoisotopic (exact) mass is 260 g/mol. The molecule has 3 rings (SSSR count). The number of hydrogen-bond acceptors (Lipinski definition) is 5. The first kappa shape index (κ1) is 11.9. The summed E-state index contributed by atoms with van der Waals surface area (Å²) in [7, 11) is 0. The zero-order valence-electron chi connectivity index (χ0n) is 10.2. The van der Waals surface area contributed by atoms with Gasteiger partial charge in [0.15, 0.2) is 0 Å². The van der Waals surface area contributed by atoms with Crippen molar-refractivity contribution < 1.29 is 0 Å². The molecule has 0 saturated heterocycles. The van der Waals surface area contributed by atoms with Gasteiger partial charge in [-0.2, -0.15) is 5.26 Å². The van der Waals surface area contributed by atoms with Crippen molar-refractivity contribution in [2.24, 2.45) is 5.92 Å². The SMILES string of the molecule is N#CC(CSc1cnccn1)(NC1CC1)C1CC1. The maximum atomic E-state index is 9.58. The maximum Gasteiger partial charge on any atom is 0.119 e. The molecule has 1 aromatic rings. The van der Waals surface area contributed by atoms with E-state index in [1.807, 2.05) is 0 Å². The Bertz CT molecular complexity index is 450. The van der Waals surface area contributed by atoms with Crippen LogP contribution in [0.25, 0.3) is 0 Å². The third-order valence-electron chi connectivity index (χ3n) is 3.50. The molecule has 1 N–H and O–H groups in total. The summed E-state index contributed by atoms with van der Waals surface area (Å²) < 4.78 is 0. The first-order valence-electron chi connectivity index (χ1n) is 6.40. The van der Waals surface area contributed by atoms with Crippen LogP contribution in [0, 0.1) is 17.2 Å². The molecule has 2 fully saturated rings. The molecule has 2 aliphatic carbocycles. The minimum absolute atomic E-state index is 0.358. The number of nitrogens with zero attached hydrogens (tertiary/aromatic N) is 3. The van der Waals surface area contributed by atoms with Crippen LogP contribution in [-0.2, 0) is 0 Å². The van der Waals surface area contributed by atoms with E-state index in [4.69, 9.17) is 0 Å². The lowest BCUT2D eigenvalue weighted by Crippen LogP contribution is -2.49. The smallest absolute Gasteiger partial charge is 0.119 e. The van der Waals surface area contributed by atoms with E-state index < -0.39 is 0 Å². The molecule has 18 heavy (non-hydrogen) atoms. The Morgan fingerprint density at radius 2 is 2.22 bits per heavy atom. The number of thioether (sulfide) groups is 1. The van der Waals surface area contributed by atoms with Gasteiger partial charge in [0.1, 0.15) is 10.6 Å². The van der Waals surface area contributed by atoms with E-state index in [2.05, 4.69) is 21.4 Å². The summed E-state index contributed by atoms with van der Waals surface area (Å²) in [6.45, 7) is 0. The van der Waals surface area contributed by atoms with Gasteiger partial charge in [-0.1, -0.05) is 0 Å². The van der Waals surface area contributed by atoms with Gasteiger partial charge in [-0.3, -0.25) is 10.3 Å². The van der Waals surface area contributed by atoms with E-state index in [-0.39, 0.29) is 5.54 Å². The first-order chi connectivity index (χ1) is 8.82. The van der Waals surface area contributed by atoms with Gasteiger partial charge in [0.05, 0.1) is 12.3 Å². The third-order valence-corrected chi connectivity index (χ3v) is 4.61. The molecule has 2 saturated carbocycles. The fourth-order valence-electron chi connectivity index (χ4n) is 2.15. The number of hydrogen-bond donors (Lipinski definition) is 1. The Morgan fingerprint density at radius 3 is 2.78 bits per heavy atom. The Labute approximate surface area is 111 Å². The van der Waals surface area contributed by atoms with Gasteiger partial charge in [0.2, 0.25) is 0 Å². The van der Waals surface area contributed by atoms with E-state index in [0.717, 1.165) is 10.8 Å². The van der Waals surface area contributed by atoms with Crippen LogP contribution in [0.2, 0.25) is 0 Å². The largest absolute Gasteiger partial charge is 0.296 e. The molecule has 4 nitrogen and oxygen atoms in total. The number of nitrogens with one attached hydrogen (secondary N) is 1. The summed E-state index contributed by atoms with van der Waals surface area (Å²) in [6.07, 6.45) is 9.91. The van der Waals surface area contributed by atoms with E-state index >= 15 is 0 Å². The fraction of sp³-hybridized carbons (Fsp3) is 0.615. The predicted molar refractivity (Wildman–Crippen MR) is 70.0 cm³/mol. The highest BCUT2D eigenvalue weighted by Gasteiger charge is 2.48. The lowest BCUT2D eigenvalue weighted by Gasteiger charge is -2.27. The van der Waals surface area contributed by atoms with Crippen LogP contribution >= 0.6 is 11.8 Å². The Hall–Kier alpha value is -1.12. The fourth-order valence-corrected chi connectivity index (χ4v) is 3.18. The molecule has 0 spiro atoms. The van der Waals surface area contributed by atoms with Gasteiger partial charge in [-0.05, 0) is 31.6 Å². The van der Waals surface area contributed by atoms with Crippen LogP contribution in [0.5, 0.6) is 0 Å². The van der Waals surface area contributed by atoms with Crippen molar-refractivity contribution in [1.29, 1.82) is 5.26 Å². The van der Waals surface area contributed by atoms with Gasteiger partial charge in [0.25, 0.3) is 0 Å². The molecule has 0 bridgehead atoms. The zero-order valence-corrected chi connectivity index (χ0v) is 11.0. The standard InChI is InChI=1S/C13H16N4S/c14-8-13(10-1-2-10,17-11-3-4-11)9-18-12-7-15-5-6-16-12/h5-7,10-11,17H,1-4,9H2. The van der Waals surface area contributed by atoms with E-state index in [1.165, 1.54) is 25.7 Å². The van der Waals surface area contributed by atoms with Crippen molar-refractivity contribution in [3.05, 3.63) is 18.6 Å².